The van der Waals surface area contributed by atoms with Crippen LogP contribution in [-0.4, -0.2) is 27.5 Å². The van der Waals surface area contributed by atoms with Crippen molar-refractivity contribution in [2.75, 3.05) is 13.1 Å². The molecule has 0 fully saturated rings. The highest BCUT2D eigenvalue weighted by molar-refractivity contribution is 5.21. The van der Waals surface area contributed by atoms with Crippen LogP contribution >= 0.6 is 0 Å². The van der Waals surface area contributed by atoms with E-state index in [2.05, 4.69) is 16.4 Å². The van der Waals surface area contributed by atoms with E-state index in [0.29, 0.717) is 0 Å². The van der Waals surface area contributed by atoms with Crippen molar-refractivity contribution in [2.24, 2.45) is 0 Å². The standard InChI is InChI=1S/C12H19N3/c1-2-14-8-6-10-11(9-14)15-7-4-3-5-12(15)13-10/h2-9H2,1H3. The number of hydrogen-bond acceptors (Lipinski definition) is 2. The topological polar surface area (TPSA) is 21.1 Å². The van der Waals surface area contributed by atoms with Crippen LogP contribution < -0.4 is 0 Å². The minimum absolute atomic E-state index is 1.12. The van der Waals surface area contributed by atoms with Gasteiger partial charge in [0.2, 0.25) is 0 Å². The third-order valence-corrected chi connectivity index (χ3v) is 3.75. The van der Waals surface area contributed by atoms with Crippen LogP contribution in [0, 0.1) is 0 Å². The van der Waals surface area contributed by atoms with Crippen molar-refractivity contribution in [3.63, 3.8) is 0 Å². The van der Waals surface area contributed by atoms with E-state index in [1.54, 1.807) is 0 Å². The third-order valence-electron chi connectivity index (χ3n) is 3.75. The van der Waals surface area contributed by atoms with Gasteiger partial charge in [0.15, 0.2) is 0 Å². The summed E-state index contributed by atoms with van der Waals surface area (Å²) in [5.74, 6) is 1.35. The molecule has 0 saturated carbocycles. The molecule has 0 atom stereocenters. The highest BCUT2D eigenvalue weighted by Crippen LogP contribution is 2.24. The number of likely N-dealkylation sites (N-methyl/N-ethyl adjacent to an activating group) is 1. The molecule has 3 heterocycles. The summed E-state index contributed by atoms with van der Waals surface area (Å²) in [6.45, 7) is 6.94. The molecule has 0 unspecified atom stereocenters. The van der Waals surface area contributed by atoms with Crippen LogP contribution in [0.4, 0.5) is 0 Å². The molecule has 0 aromatic carbocycles. The van der Waals surface area contributed by atoms with Gasteiger partial charge in [-0.05, 0) is 19.4 Å². The molecular formula is C12H19N3. The summed E-state index contributed by atoms with van der Waals surface area (Å²) in [5.41, 5.74) is 2.90. The number of fused-ring (bicyclic) bond motifs is 3. The molecule has 1 aromatic heterocycles. The molecule has 3 heteroatoms. The normalized spacial score (nSPS) is 21.1. The summed E-state index contributed by atoms with van der Waals surface area (Å²) in [4.78, 5) is 7.32. The summed E-state index contributed by atoms with van der Waals surface area (Å²) in [6, 6.07) is 0. The maximum atomic E-state index is 4.80. The summed E-state index contributed by atoms with van der Waals surface area (Å²) >= 11 is 0. The zero-order valence-corrected chi connectivity index (χ0v) is 9.50. The second-order valence-corrected chi connectivity index (χ2v) is 4.65. The summed E-state index contributed by atoms with van der Waals surface area (Å²) in [5, 5.41) is 0. The van der Waals surface area contributed by atoms with Gasteiger partial charge in [0.1, 0.15) is 5.82 Å². The average Bonchev–Trinajstić information content (AvgIpc) is 2.66. The van der Waals surface area contributed by atoms with Crippen molar-refractivity contribution in [2.45, 2.75) is 45.7 Å². The van der Waals surface area contributed by atoms with Crippen molar-refractivity contribution >= 4 is 0 Å². The second kappa shape index (κ2) is 3.63. The second-order valence-electron chi connectivity index (χ2n) is 4.65. The predicted octanol–water partition coefficient (Wildman–Crippen LogP) is 1.60. The number of aryl methyl sites for hydroxylation is 1. The van der Waals surface area contributed by atoms with Crippen LogP contribution in [-0.2, 0) is 25.9 Å². The molecule has 0 radical (unpaired) electrons. The van der Waals surface area contributed by atoms with E-state index in [9.17, 15) is 0 Å². The lowest BCUT2D eigenvalue weighted by molar-refractivity contribution is 0.257. The first-order valence-corrected chi connectivity index (χ1v) is 6.18. The Hall–Kier alpha value is -0.830. The van der Waals surface area contributed by atoms with E-state index in [1.165, 1.54) is 56.1 Å². The average molecular weight is 205 g/mol. The van der Waals surface area contributed by atoms with Crippen LogP contribution in [0.15, 0.2) is 0 Å². The van der Waals surface area contributed by atoms with Gasteiger partial charge >= 0.3 is 0 Å². The van der Waals surface area contributed by atoms with Crippen LogP contribution in [0.2, 0.25) is 0 Å². The molecule has 0 saturated heterocycles. The van der Waals surface area contributed by atoms with Gasteiger partial charge in [0.25, 0.3) is 0 Å². The first-order chi connectivity index (χ1) is 7.38. The zero-order valence-electron chi connectivity index (χ0n) is 9.50. The first kappa shape index (κ1) is 9.40. The van der Waals surface area contributed by atoms with Gasteiger partial charge in [0, 0.05) is 32.5 Å². The maximum Gasteiger partial charge on any atom is 0.109 e. The lowest BCUT2D eigenvalue weighted by atomic mass is 10.1. The number of rotatable bonds is 1. The van der Waals surface area contributed by atoms with Crippen molar-refractivity contribution in [1.82, 2.24) is 14.5 Å². The highest BCUT2D eigenvalue weighted by Gasteiger charge is 2.24. The fourth-order valence-corrected chi connectivity index (χ4v) is 2.80. The molecule has 0 bridgehead atoms. The number of nitrogens with zero attached hydrogens (tertiary/aromatic N) is 3. The monoisotopic (exact) mass is 205 g/mol. The lowest BCUT2D eigenvalue weighted by Crippen LogP contribution is -2.31. The summed E-state index contributed by atoms with van der Waals surface area (Å²) in [6.07, 6.45) is 5.01. The van der Waals surface area contributed by atoms with Gasteiger partial charge in [-0.3, -0.25) is 4.90 Å². The molecule has 82 valence electrons. The summed E-state index contributed by atoms with van der Waals surface area (Å²) < 4.78 is 2.49. The van der Waals surface area contributed by atoms with E-state index >= 15 is 0 Å². The highest BCUT2D eigenvalue weighted by atomic mass is 15.2. The zero-order chi connectivity index (χ0) is 10.3. The molecule has 0 amide bonds. The summed E-state index contributed by atoms with van der Waals surface area (Å²) in [7, 11) is 0. The lowest BCUT2D eigenvalue weighted by Gasteiger charge is -2.26. The fraction of sp³-hybridized carbons (Fsp3) is 0.750. The maximum absolute atomic E-state index is 4.80. The quantitative estimate of drug-likeness (QED) is 0.694. The molecule has 3 nitrogen and oxygen atoms in total. The van der Waals surface area contributed by atoms with Crippen LogP contribution in [0.1, 0.15) is 37.0 Å². The van der Waals surface area contributed by atoms with E-state index in [1.807, 2.05) is 0 Å². The van der Waals surface area contributed by atoms with Crippen molar-refractivity contribution in [3.05, 3.63) is 17.2 Å². The van der Waals surface area contributed by atoms with Gasteiger partial charge < -0.3 is 4.57 Å². The molecule has 0 spiro atoms. The number of imidazole rings is 1. The van der Waals surface area contributed by atoms with Crippen LogP contribution in [0.25, 0.3) is 0 Å². The van der Waals surface area contributed by atoms with E-state index < -0.39 is 0 Å². The van der Waals surface area contributed by atoms with Gasteiger partial charge in [-0.1, -0.05) is 6.92 Å². The van der Waals surface area contributed by atoms with Crippen LogP contribution in [0.5, 0.6) is 0 Å². The third kappa shape index (κ3) is 1.49. The Bertz CT molecular complexity index is 367. The Labute approximate surface area is 91.1 Å². The van der Waals surface area contributed by atoms with E-state index in [-0.39, 0.29) is 0 Å². The van der Waals surface area contributed by atoms with E-state index in [4.69, 9.17) is 4.98 Å². The Morgan fingerprint density at radius 3 is 3.00 bits per heavy atom. The minimum atomic E-state index is 1.12. The van der Waals surface area contributed by atoms with Crippen molar-refractivity contribution in [1.29, 1.82) is 0 Å². The van der Waals surface area contributed by atoms with Crippen molar-refractivity contribution in [3.8, 4) is 0 Å². The Morgan fingerprint density at radius 2 is 2.13 bits per heavy atom. The molecule has 0 aliphatic carbocycles. The van der Waals surface area contributed by atoms with E-state index in [0.717, 1.165) is 13.0 Å². The molecule has 15 heavy (non-hydrogen) atoms. The van der Waals surface area contributed by atoms with Crippen LogP contribution in [0.3, 0.4) is 0 Å². The van der Waals surface area contributed by atoms with Gasteiger partial charge in [-0.2, -0.15) is 0 Å². The largest absolute Gasteiger partial charge is 0.331 e. The number of aromatic nitrogens is 2. The predicted molar refractivity (Wildman–Crippen MR) is 59.8 cm³/mol. The van der Waals surface area contributed by atoms with Gasteiger partial charge in [-0.15, -0.1) is 0 Å². The van der Waals surface area contributed by atoms with Crippen molar-refractivity contribution < 1.29 is 0 Å². The molecule has 2 aliphatic heterocycles. The fourth-order valence-electron chi connectivity index (χ4n) is 2.80. The first-order valence-electron chi connectivity index (χ1n) is 6.18. The minimum Gasteiger partial charge on any atom is -0.331 e. The van der Waals surface area contributed by atoms with Gasteiger partial charge in [-0.25, -0.2) is 4.98 Å². The Balaban J connectivity index is 1.97. The Kier molecular flexibility index (Phi) is 2.28. The molecule has 0 N–H and O–H groups in total. The number of hydrogen-bond donors (Lipinski definition) is 0. The molecule has 2 aliphatic rings. The van der Waals surface area contributed by atoms with Gasteiger partial charge in [0.05, 0.1) is 11.4 Å². The molecule has 1 aromatic rings. The SMILES string of the molecule is CCN1CCc2nc3n(c2C1)CCCC3. The molecule has 3 rings (SSSR count). The molecular weight excluding hydrogens is 186 g/mol. The smallest absolute Gasteiger partial charge is 0.109 e. The Morgan fingerprint density at radius 1 is 1.20 bits per heavy atom.